The van der Waals surface area contributed by atoms with Crippen molar-refractivity contribution >= 4 is 32.9 Å². The third kappa shape index (κ3) is 7.02. The molecule has 3 fully saturated rings. The van der Waals surface area contributed by atoms with Crippen LogP contribution in [-0.4, -0.2) is 68.3 Å². The second kappa shape index (κ2) is 14.1. The van der Waals surface area contributed by atoms with Crippen molar-refractivity contribution in [1.29, 1.82) is 0 Å². The van der Waals surface area contributed by atoms with Crippen LogP contribution in [0.3, 0.4) is 0 Å². The number of nitrogens with one attached hydrogen (secondary N) is 1. The molecule has 1 N–H and O–H groups in total. The Labute approximate surface area is 299 Å². The second-order valence-corrected chi connectivity index (χ2v) is 16.6. The molecule has 1 aromatic heterocycles. The highest BCUT2D eigenvalue weighted by molar-refractivity contribution is 7.87. The van der Waals surface area contributed by atoms with E-state index in [0.717, 1.165) is 89.1 Å². The van der Waals surface area contributed by atoms with Crippen LogP contribution in [0.4, 0.5) is 4.39 Å². The lowest BCUT2D eigenvalue weighted by molar-refractivity contribution is -0.138. The number of carbonyl (C=O) groups excluding carboxylic acids is 2. The molecule has 1 aliphatic heterocycles. The number of aromatic nitrogens is 1. The summed E-state index contributed by atoms with van der Waals surface area (Å²) in [6.07, 6.45) is 8.67. The number of benzene rings is 3. The molecular formula is C40H47FN4O5S. The van der Waals surface area contributed by atoms with Crippen LogP contribution in [0, 0.1) is 11.2 Å². The van der Waals surface area contributed by atoms with Crippen LogP contribution in [0.1, 0.15) is 91.1 Å². The topological polar surface area (TPSA) is 101 Å². The molecule has 2 aliphatic carbocycles. The van der Waals surface area contributed by atoms with Crippen LogP contribution in [0.2, 0.25) is 0 Å². The molecule has 2 heterocycles. The number of rotatable bonds is 10. The fraction of sp³-hybridized carbons (Fsp3) is 0.450. The second-order valence-electron chi connectivity index (χ2n) is 14.8. The Hall–Kier alpha value is -4.22. The molecule has 1 saturated heterocycles. The lowest BCUT2D eigenvalue weighted by Gasteiger charge is -2.35. The molecule has 0 spiro atoms. The maximum absolute atomic E-state index is 14.5. The van der Waals surface area contributed by atoms with Gasteiger partial charge in [0, 0.05) is 50.2 Å². The highest BCUT2D eigenvalue weighted by Crippen LogP contribution is 2.52. The smallest absolute Gasteiger partial charge is 0.303 e. The predicted molar refractivity (Wildman–Crippen MR) is 196 cm³/mol. The molecule has 0 unspecified atom stereocenters. The number of fused-ring (bicyclic) bond motifs is 1. The highest BCUT2D eigenvalue weighted by Gasteiger charge is 2.53. The van der Waals surface area contributed by atoms with Crippen molar-refractivity contribution in [2.45, 2.75) is 76.2 Å². The fourth-order valence-electron chi connectivity index (χ4n) is 8.22. The zero-order valence-corrected chi connectivity index (χ0v) is 30.5. The number of hydrogen-bond acceptors (Lipinski definition) is 5. The minimum atomic E-state index is -4.00. The molecule has 11 heteroatoms. The Balaban J connectivity index is 1.29. The molecule has 51 heavy (non-hydrogen) atoms. The van der Waals surface area contributed by atoms with Crippen LogP contribution < -0.4 is 9.46 Å². The molecule has 4 aromatic rings. The average molecular weight is 715 g/mol. The molecule has 0 atom stereocenters. The van der Waals surface area contributed by atoms with Crippen molar-refractivity contribution in [2.75, 3.05) is 34.3 Å². The molecule has 0 bridgehead atoms. The highest BCUT2D eigenvalue weighted by atomic mass is 32.2. The van der Waals surface area contributed by atoms with Gasteiger partial charge in [-0.1, -0.05) is 37.5 Å². The minimum Gasteiger partial charge on any atom is -0.497 e. The first-order valence-electron chi connectivity index (χ1n) is 18.1. The van der Waals surface area contributed by atoms with Crippen molar-refractivity contribution < 1.29 is 27.1 Å². The molecule has 7 rings (SSSR count). The SMILES string of the molecule is COc1ccc(-c2c(C3CCCCC3)c3ccc(C(=O)NS(=O)(=O)N(C)C)cc3n2CC2(C(=O)N3CCC(c4cccc(F)c4)CC3)CC2)cc1. The zero-order chi connectivity index (χ0) is 35.9. The van der Waals surface area contributed by atoms with Gasteiger partial charge in [-0.25, -0.2) is 9.11 Å². The number of likely N-dealkylation sites (tertiary alicyclic amines) is 1. The average Bonchev–Trinajstić information content (AvgIpc) is 3.86. The molecular weight excluding hydrogens is 668 g/mol. The van der Waals surface area contributed by atoms with Crippen molar-refractivity contribution in [3.8, 4) is 17.0 Å². The van der Waals surface area contributed by atoms with Gasteiger partial charge in [0.15, 0.2) is 0 Å². The third-order valence-corrected chi connectivity index (χ3v) is 12.7. The Kier molecular flexibility index (Phi) is 9.71. The number of amides is 2. The maximum atomic E-state index is 14.5. The van der Waals surface area contributed by atoms with E-state index in [1.165, 1.54) is 32.1 Å². The van der Waals surface area contributed by atoms with Crippen LogP contribution >= 0.6 is 0 Å². The summed E-state index contributed by atoms with van der Waals surface area (Å²) in [4.78, 5) is 29.8. The van der Waals surface area contributed by atoms with Gasteiger partial charge in [-0.3, -0.25) is 9.59 Å². The quantitative estimate of drug-likeness (QED) is 0.187. The monoisotopic (exact) mass is 714 g/mol. The van der Waals surface area contributed by atoms with Gasteiger partial charge in [0.25, 0.3) is 5.91 Å². The molecule has 3 aliphatic rings. The summed E-state index contributed by atoms with van der Waals surface area (Å²) in [5, 5.41) is 1.03. The van der Waals surface area contributed by atoms with Gasteiger partial charge in [0.1, 0.15) is 11.6 Å². The molecule has 270 valence electrons. The molecule has 2 amide bonds. The number of hydrogen-bond donors (Lipinski definition) is 1. The van der Waals surface area contributed by atoms with E-state index in [1.54, 1.807) is 31.4 Å². The standard InChI is InChI=1S/C40H47FN4O5S/c1-43(2)51(48,49)42-38(46)31-14-17-34-35(25-31)45(37(29-12-15-33(50-3)16-13-29)36(34)28-8-5-4-6-9-28)26-40(20-21-40)39(47)44-22-18-27(19-23-44)30-10-7-11-32(41)24-30/h7,10-17,24-25,27-28H,4-6,8-9,18-23,26H2,1-3H3,(H,42,46). The summed E-state index contributed by atoms with van der Waals surface area (Å²) in [6.45, 7) is 1.69. The lowest BCUT2D eigenvalue weighted by Crippen LogP contribution is -2.43. The first-order chi connectivity index (χ1) is 24.5. The van der Waals surface area contributed by atoms with Crippen LogP contribution in [-0.2, 0) is 21.5 Å². The van der Waals surface area contributed by atoms with Crippen LogP contribution in [0.15, 0.2) is 66.7 Å². The van der Waals surface area contributed by atoms with E-state index in [2.05, 4.69) is 21.4 Å². The van der Waals surface area contributed by atoms with E-state index < -0.39 is 21.5 Å². The normalized spacial score (nSPS) is 18.3. The summed E-state index contributed by atoms with van der Waals surface area (Å²) >= 11 is 0. The summed E-state index contributed by atoms with van der Waals surface area (Å²) in [5.41, 5.74) is 4.73. The Morgan fingerprint density at radius 2 is 1.63 bits per heavy atom. The Morgan fingerprint density at radius 3 is 2.25 bits per heavy atom. The van der Waals surface area contributed by atoms with Crippen molar-refractivity contribution in [3.63, 3.8) is 0 Å². The number of nitrogens with zero attached hydrogens (tertiary/aromatic N) is 3. The zero-order valence-electron chi connectivity index (χ0n) is 29.7. The third-order valence-electron chi connectivity index (χ3n) is 11.3. The van der Waals surface area contributed by atoms with Gasteiger partial charge in [0.05, 0.1) is 18.2 Å². The number of methoxy groups -OCH3 is 1. The van der Waals surface area contributed by atoms with Gasteiger partial charge in [0.2, 0.25) is 5.91 Å². The molecule has 2 saturated carbocycles. The van der Waals surface area contributed by atoms with Gasteiger partial charge in [-0.2, -0.15) is 12.7 Å². The fourth-order valence-corrected chi connectivity index (χ4v) is 8.75. The number of halogens is 1. The largest absolute Gasteiger partial charge is 0.497 e. The Bertz CT molecular complexity index is 2040. The lowest BCUT2D eigenvalue weighted by atomic mass is 9.81. The Morgan fingerprint density at radius 1 is 0.922 bits per heavy atom. The van der Waals surface area contributed by atoms with E-state index in [1.807, 2.05) is 29.2 Å². The number of ether oxygens (including phenoxy) is 1. The first kappa shape index (κ1) is 35.2. The summed E-state index contributed by atoms with van der Waals surface area (Å²) < 4.78 is 50.1. The van der Waals surface area contributed by atoms with Crippen molar-refractivity contribution in [3.05, 3.63) is 89.2 Å². The van der Waals surface area contributed by atoms with Gasteiger partial charge in [-0.05, 0) is 116 Å². The molecule has 3 aromatic carbocycles. The minimum absolute atomic E-state index is 0.146. The number of piperidine rings is 1. The maximum Gasteiger partial charge on any atom is 0.303 e. The van der Waals surface area contributed by atoms with Crippen molar-refractivity contribution in [2.24, 2.45) is 5.41 Å². The van der Waals surface area contributed by atoms with E-state index in [0.29, 0.717) is 25.6 Å². The first-order valence-corrected chi connectivity index (χ1v) is 19.5. The summed E-state index contributed by atoms with van der Waals surface area (Å²) in [6, 6.07) is 20.3. The van der Waals surface area contributed by atoms with E-state index in [9.17, 15) is 22.4 Å². The van der Waals surface area contributed by atoms with Crippen LogP contribution in [0.5, 0.6) is 5.75 Å². The molecule has 9 nitrogen and oxygen atoms in total. The number of carbonyl (C=O) groups is 2. The summed E-state index contributed by atoms with van der Waals surface area (Å²) in [5.74, 6) is 0.476. The van der Waals surface area contributed by atoms with Gasteiger partial charge in [-0.15, -0.1) is 0 Å². The van der Waals surface area contributed by atoms with Gasteiger partial charge < -0.3 is 14.2 Å². The van der Waals surface area contributed by atoms with E-state index in [4.69, 9.17) is 4.74 Å². The predicted octanol–water partition coefficient (Wildman–Crippen LogP) is 7.23. The molecule has 0 radical (unpaired) electrons. The van der Waals surface area contributed by atoms with E-state index in [-0.39, 0.29) is 23.2 Å². The van der Waals surface area contributed by atoms with E-state index >= 15 is 0 Å². The summed E-state index contributed by atoms with van der Waals surface area (Å²) in [7, 11) is 0.391. The van der Waals surface area contributed by atoms with Crippen LogP contribution in [0.25, 0.3) is 22.2 Å². The van der Waals surface area contributed by atoms with Crippen molar-refractivity contribution in [1.82, 2.24) is 18.5 Å². The van der Waals surface area contributed by atoms with Gasteiger partial charge >= 0.3 is 10.2 Å².